The Labute approximate surface area is 93.5 Å². The van der Waals surface area contributed by atoms with E-state index in [1.165, 1.54) is 4.57 Å². The van der Waals surface area contributed by atoms with Crippen molar-refractivity contribution in [3.05, 3.63) is 44.6 Å². The molecule has 0 unspecified atom stereocenters. The van der Waals surface area contributed by atoms with E-state index in [1.807, 2.05) is 0 Å². The maximum atomic E-state index is 13.2. The molecule has 0 saturated heterocycles. The minimum Gasteiger partial charge on any atom is -0.290 e. The van der Waals surface area contributed by atoms with E-state index in [0.717, 1.165) is 25.0 Å². The summed E-state index contributed by atoms with van der Waals surface area (Å²) in [7, 11) is 0. The second-order valence-corrected chi connectivity index (χ2v) is 4.14. The number of H-pyrrole nitrogens is 1. The van der Waals surface area contributed by atoms with Crippen LogP contribution in [-0.4, -0.2) is 9.55 Å². The van der Waals surface area contributed by atoms with Crippen LogP contribution in [0.2, 0.25) is 0 Å². The molecule has 1 heterocycles. The summed E-state index contributed by atoms with van der Waals surface area (Å²) < 4.78 is 27.6. The van der Waals surface area contributed by atoms with Gasteiger partial charge in [-0.25, -0.2) is 13.6 Å². The van der Waals surface area contributed by atoms with Crippen LogP contribution < -0.4 is 11.2 Å². The molecule has 1 fully saturated rings. The van der Waals surface area contributed by atoms with E-state index in [0.29, 0.717) is 0 Å². The highest BCUT2D eigenvalue weighted by Crippen LogP contribution is 2.35. The fourth-order valence-corrected chi connectivity index (χ4v) is 1.95. The summed E-state index contributed by atoms with van der Waals surface area (Å²) in [6.07, 6.45) is 1.61. The van der Waals surface area contributed by atoms with E-state index >= 15 is 0 Å². The fourth-order valence-electron chi connectivity index (χ4n) is 1.95. The zero-order valence-electron chi connectivity index (χ0n) is 8.67. The highest BCUT2D eigenvalue weighted by molar-refractivity contribution is 5.78. The molecule has 6 heteroatoms. The van der Waals surface area contributed by atoms with Crippen LogP contribution >= 0.6 is 0 Å². The van der Waals surface area contributed by atoms with Gasteiger partial charge in [-0.05, 0) is 18.9 Å². The first-order chi connectivity index (χ1) is 8.08. The normalized spacial score (nSPS) is 15.4. The number of nitrogens with zero attached hydrogens (tertiary/aromatic N) is 1. The number of hydrogen-bond acceptors (Lipinski definition) is 2. The van der Waals surface area contributed by atoms with Gasteiger partial charge in [-0.15, -0.1) is 0 Å². The number of halogens is 2. The molecule has 2 aromatic rings. The number of aromatic nitrogens is 2. The monoisotopic (exact) mass is 238 g/mol. The minimum atomic E-state index is -1.09. The van der Waals surface area contributed by atoms with Crippen molar-refractivity contribution in [2.24, 2.45) is 0 Å². The Bertz CT molecular complexity index is 729. The first-order valence-corrected chi connectivity index (χ1v) is 5.21. The predicted molar refractivity (Wildman–Crippen MR) is 57.0 cm³/mol. The standard InChI is InChI=1S/C11H8F2N2O2/c12-7-3-6-9(4-8(7)13)15(5-1-2-5)11(17)14-10(6)16/h3-5H,1-2H2,(H,14,16,17). The quantitative estimate of drug-likeness (QED) is 0.814. The van der Waals surface area contributed by atoms with Gasteiger partial charge in [-0.3, -0.25) is 14.3 Å². The van der Waals surface area contributed by atoms with Crippen LogP contribution in [0, 0.1) is 11.6 Å². The fraction of sp³-hybridized carbons (Fsp3) is 0.273. The number of fused-ring (bicyclic) bond motifs is 1. The van der Waals surface area contributed by atoms with Crippen molar-refractivity contribution < 1.29 is 8.78 Å². The molecule has 1 aliphatic carbocycles. The van der Waals surface area contributed by atoms with E-state index in [4.69, 9.17) is 0 Å². The molecule has 88 valence electrons. The largest absolute Gasteiger partial charge is 0.329 e. The summed E-state index contributed by atoms with van der Waals surface area (Å²) in [5, 5.41) is -0.00426. The van der Waals surface area contributed by atoms with Gasteiger partial charge in [-0.2, -0.15) is 0 Å². The van der Waals surface area contributed by atoms with Crippen molar-refractivity contribution in [2.75, 3.05) is 0 Å². The van der Waals surface area contributed by atoms with E-state index < -0.39 is 22.9 Å². The summed E-state index contributed by atoms with van der Waals surface area (Å²) in [6.45, 7) is 0. The van der Waals surface area contributed by atoms with Gasteiger partial charge in [0.25, 0.3) is 5.56 Å². The van der Waals surface area contributed by atoms with Gasteiger partial charge in [0, 0.05) is 12.1 Å². The topological polar surface area (TPSA) is 54.9 Å². The van der Waals surface area contributed by atoms with Crippen LogP contribution in [0.4, 0.5) is 8.78 Å². The Kier molecular flexibility index (Phi) is 1.95. The van der Waals surface area contributed by atoms with E-state index in [-0.39, 0.29) is 16.9 Å². The van der Waals surface area contributed by atoms with Gasteiger partial charge >= 0.3 is 5.69 Å². The Morgan fingerprint density at radius 1 is 1.18 bits per heavy atom. The Balaban J connectivity index is 2.51. The highest BCUT2D eigenvalue weighted by Gasteiger charge is 2.27. The molecule has 0 atom stereocenters. The molecule has 17 heavy (non-hydrogen) atoms. The second-order valence-electron chi connectivity index (χ2n) is 4.14. The number of benzene rings is 1. The number of hydrogen-bond donors (Lipinski definition) is 1. The number of nitrogens with one attached hydrogen (secondary N) is 1. The average molecular weight is 238 g/mol. The predicted octanol–water partition coefficient (Wildman–Crippen LogP) is 1.30. The van der Waals surface area contributed by atoms with Crippen LogP contribution in [0.15, 0.2) is 21.7 Å². The van der Waals surface area contributed by atoms with Gasteiger partial charge in [0.1, 0.15) is 0 Å². The molecule has 0 bridgehead atoms. The van der Waals surface area contributed by atoms with E-state index in [1.54, 1.807) is 0 Å². The third kappa shape index (κ3) is 1.48. The van der Waals surface area contributed by atoms with Crippen molar-refractivity contribution in [1.82, 2.24) is 9.55 Å². The second kappa shape index (κ2) is 3.26. The first kappa shape index (κ1) is 10.2. The third-order valence-corrected chi connectivity index (χ3v) is 2.89. The smallest absolute Gasteiger partial charge is 0.290 e. The molecule has 1 saturated carbocycles. The average Bonchev–Trinajstić information content (AvgIpc) is 3.05. The van der Waals surface area contributed by atoms with Crippen LogP contribution in [-0.2, 0) is 0 Å². The SMILES string of the molecule is O=c1[nH]c(=O)n(C2CC2)c2cc(F)c(F)cc12. The molecular weight excluding hydrogens is 230 g/mol. The van der Waals surface area contributed by atoms with Gasteiger partial charge < -0.3 is 0 Å². The maximum Gasteiger partial charge on any atom is 0.329 e. The van der Waals surface area contributed by atoms with Crippen molar-refractivity contribution in [1.29, 1.82) is 0 Å². The van der Waals surface area contributed by atoms with Gasteiger partial charge in [0.05, 0.1) is 10.9 Å². The lowest BCUT2D eigenvalue weighted by atomic mass is 10.2. The molecule has 4 nitrogen and oxygen atoms in total. The Morgan fingerprint density at radius 2 is 1.82 bits per heavy atom. The molecule has 0 aliphatic heterocycles. The van der Waals surface area contributed by atoms with Crippen molar-refractivity contribution in [3.63, 3.8) is 0 Å². The molecule has 1 aromatic heterocycles. The zero-order valence-corrected chi connectivity index (χ0v) is 8.67. The van der Waals surface area contributed by atoms with Crippen LogP contribution in [0.5, 0.6) is 0 Å². The molecule has 1 aromatic carbocycles. The van der Waals surface area contributed by atoms with Crippen LogP contribution in [0.25, 0.3) is 10.9 Å². The summed E-state index contributed by atoms with van der Waals surface area (Å²) in [6, 6.07) is 1.70. The summed E-state index contributed by atoms with van der Waals surface area (Å²) in [4.78, 5) is 25.2. The highest BCUT2D eigenvalue weighted by atomic mass is 19.2. The first-order valence-electron chi connectivity index (χ1n) is 5.21. The molecule has 1 aliphatic rings. The lowest BCUT2D eigenvalue weighted by molar-refractivity contribution is 0.509. The molecule has 0 amide bonds. The van der Waals surface area contributed by atoms with Gasteiger partial charge in [0.2, 0.25) is 0 Å². The van der Waals surface area contributed by atoms with Crippen molar-refractivity contribution in [2.45, 2.75) is 18.9 Å². The molecular formula is C11H8F2N2O2. The number of aromatic amines is 1. The van der Waals surface area contributed by atoms with Gasteiger partial charge in [0.15, 0.2) is 11.6 Å². The maximum absolute atomic E-state index is 13.2. The molecule has 0 spiro atoms. The van der Waals surface area contributed by atoms with Crippen LogP contribution in [0.3, 0.4) is 0 Å². The summed E-state index contributed by atoms with van der Waals surface area (Å²) in [5.74, 6) is -2.15. The Morgan fingerprint density at radius 3 is 2.47 bits per heavy atom. The molecule has 3 rings (SSSR count). The minimum absolute atomic E-state index is 0.00426. The van der Waals surface area contributed by atoms with Crippen molar-refractivity contribution in [3.8, 4) is 0 Å². The van der Waals surface area contributed by atoms with Gasteiger partial charge in [-0.1, -0.05) is 0 Å². The summed E-state index contributed by atoms with van der Waals surface area (Å²) in [5.41, 5.74) is -1.11. The molecule has 1 N–H and O–H groups in total. The van der Waals surface area contributed by atoms with E-state index in [2.05, 4.69) is 4.98 Å². The number of rotatable bonds is 1. The molecule has 0 radical (unpaired) electrons. The lowest BCUT2D eigenvalue weighted by Crippen LogP contribution is -2.30. The zero-order chi connectivity index (χ0) is 12.2. The lowest BCUT2D eigenvalue weighted by Gasteiger charge is -2.08. The third-order valence-electron chi connectivity index (χ3n) is 2.89. The van der Waals surface area contributed by atoms with Crippen LogP contribution in [0.1, 0.15) is 18.9 Å². The van der Waals surface area contributed by atoms with Crippen molar-refractivity contribution >= 4 is 10.9 Å². The summed E-state index contributed by atoms with van der Waals surface area (Å²) >= 11 is 0. The Hall–Kier alpha value is -1.98. The van der Waals surface area contributed by atoms with E-state index in [9.17, 15) is 18.4 Å².